The number of aryl methyl sites for hydroxylation is 1. The van der Waals surface area contributed by atoms with E-state index in [9.17, 15) is 4.79 Å². The minimum Gasteiger partial charge on any atom is -0.335 e. The van der Waals surface area contributed by atoms with Gasteiger partial charge in [-0.3, -0.25) is 0 Å². The van der Waals surface area contributed by atoms with Crippen molar-refractivity contribution in [2.24, 2.45) is 5.10 Å². The molecule has 0 fully saturated rings. The normalized spacial score (nSPS) is 10.8. The average molecular weight is 219 g/mol. The van der Waals surface area contributed by atoms with Crippen LogP contribution in [0.5, 0.6) is 0 Å². The second kappa shape index (κ2) is 5.90. The predicted molar refractivity (Wildman–Crippen MR) is 65.6 cm³/mol. The molecule has 2 N–H and O–H groups in total. The largest absolute Gasteiger partial charge is 0.335 e. The summed E-state index contributed by atoms with van der Waals surface area (Å²) in [5.41, 5.74) is 4.55. The number of benzene rings is 1. The molecule has 0 aliphatic rings. The minimum absolute atomic E-state index is 0.106. The molecular formula is C12H17N3O. The topological polar surface area (TPSA) is 53.5 Å². The number of hydrogen-bond acceptors (Lipinski definition) is 2. The second-order valence-electron chi connectivity index (χ2n) is 3.91. The van der Waals surface area contributed by atoms with Gasteiger partial charge in [-0.1, -0.05) is 29.8 Å². The predicted octanol–water partition coefficient (Wildman–Crippen LogP) is 2.04. The van der Waals surface area contributed by atoms with Crippen molar-refractivity contribution in [3.05, 3.63) is 35.4 Å². The molecule has 1 aromatic rings. The number of hydrogen-bond donors (Lipinski definition) is 2. The highest BCUT2D eigenvalue weighted by molar-refractivity contribution is 5.81. The zero-order valence-corrected chi connectivity index (χ0v) is 9.82. The Morgan fingerprint density at radius 1 is 1.31 bits per heavy atom. The molecule has 16 heavy (non-hydrogen) atoms. The van der Waals surface area contributed by atoms with Crippen LogP contribution in [-0.4, -0.2) is 18.3 Å². The van der Waals surface area contributed by atoms with Crippen LogP contribution in [0.25, 0.3) is 0 Å². The first kappa shape index (κ1) is 12.2. The maximum Gasteiger partial charge on any atom is 0.335 e. The fraction of sp³-hybridized carbons (Fsp3) is 0.333. The monoisotopic (exact) mass is 219 g/mol. The summed E-state index contributed by atoms with van der Waals surface area (Å²) in [6.45, 7) is 5.81. The lowest BCUT2D eigenvalue weighted by Crippen LogP contribution is -2.36. The molecule has 4 heteroatoms. The molecule has 1 rings (SSSR count). The van der Waals surface area contributed by atoms with E-state index in [1.54, 1.807) is 6.21 Å². The summed E-state index contributed by atoms with van der Waals surface area (Å²) in [6, 6.07) is 7.69. The molecule has 4 nitrogen and oxygen atoms in total. The van der Waals surface area contributed by atoms with Crippen LogP contribution in [0.1, 0.15) is 25.0 Å². The zero-order chi connectivity index (χ0) is 12.0. The molecule has 0 radical (unpaired) electrons. The highest BCUT2D eigenvalue weighted by Crippen LogP contribution is 1.99. The summed E-state index contributed by atoms with van der Waals surface area (Å²) >= 11 is 0. The SMILES string of the molecule is Cc1ccc(/C=N\NC(=O)NC(C)C)cc1. The Balaban J connectivity index is 2.43. The summed E-state index contributed by atoms with van der Waals surface area (Å²) in [4.78, 5) is 11.2. The number of nitrogens with one attached hydrogen (secondary N) is 2. The Bertz CT molecular complexity index is 368. The van der Waals surface area contributed by atoms with Crippen molar-refractivity contribution in [2.75, 3.05) is 0 Å². The standard InChI is InChI=1S/C12H17N3O/c1-9(2)14-12(16)15-13-8-11-6-4-10(3)5-7-11/h4-9H,1-3H3,(H2,14,15,16)/b13-8-. The van der Waals surface area contributed by atoms with E-state index >= 15 is 0 Å². The van der Waals surface area contributed by atoms with Crippen molar-refractivity contribution in [2.45, 2.75) is 26.8 Å². The van der Waals surface area contributed by atoms with Crippen LogP contribution in [0.2, 0.25) is 0 Å². The van der Waals surface area contributed by atoms with Gasteiger partial charge in [-0.25, -0.2) is 10.2 Å². The molecular weight excluding hydrogens is 202 g/mol. The van der Waals surface area contributed by atoms with E-state index in [2.05, 4.69) is 15.8 Å². The molecule has 1 aromatic carbocycles. The molecule has 0 saturated heterocycles. The fourth-order valence-electron chi connectivity index (χ4n) is 1.11. The molecule has 0 heterocycles. The Morgan fingerprint density at radius 2 is 1.94 bits per heavy atom. The van der Waals surface area contributed by atoms with Gasteiger partial charge in [0.1, 0.15) is 0 Å². The maximum atomic E-state index is 11.2. The third-order valence-corrected chi connectivity index (χ3v) is 1.88. The number of urea groups is 1. The summed E-state index contributed by atoms with van der Waals surface area (Å²) in [5.74, 6) is 0. The smallest absolute Gasteiger partial charge is 0.335 e. The molecule has 2 amide bonds. The van der Waals surface area contributed by atoms with Crippen molar-refractivity contribution in [1.82, 2.24) is 10.7 Å². The summed E-state index contributed by atoms with van der Waals surface area (Å²) in [7, 11) is 0. The number of hydrazone groups is 1. The molecule has 0 atom stereocenters. The van der Waals surface area contributed by atoms with Crippen LogP contribution in [0.3, 0.4) is 0 Å². The van der Waals surface area contributed by atoms with E-state index in [1.165, 1.54) is 5.56 Å². The second-order valence-corrected chi connectivity index (χ2v) is 3.91. The summed E-state index contributed by atoms with van der Waals surface area (Å²) in [5, 5.41) is 6.51. The molecule has 0 unspecified atom stereocenters. The van der Waals surface area contributed by atoms with E-state index in [1.807, 2.05) is 45.0 Å². The van der Waals surface area contributed by atoms with Crippen LogP contribution in [0.4, 0.5) is 4.79 Å². The quantitative estimate of drug-likeness (QED) is 0.593. The highest BCUT2D eigenvalue weighted by Gasteiger charge is 1.98. The third-order valence-electron chi connectivity index (χ3n) is 1.88. The van der Waals surface area contributed by atoms with Crippen LogP contribution in [0.15, 0.2) is 29.4 Å². The van der Waals surface area contributed by atoms with Crippen LogP contribution in [-0.2, 0) is 0 Å². The van der Waals surface area contributed by atoms with E-state index < -0.39 is 0 Å². The van der Waals surface area contributed by atoms with E-state index in [4.69, 9.17) is 0 Å². The zero-order valence-electron chi connectivity index (χ0n) is 9.82. The first-order valence-corrected chi connectivity index (χ1v) is 5.24. The van der Waals surface area contributed by atoms with Gasteiger partial charge in [0.15, 0.2) is 0 Å². The molecule has 0 bridgehead atoms. The van der Waals surface area contributed by atoms with Crippen LogP contribution < -0.4 is 10.7 Å². The lowest BCUT2D eigenvalue weighted by atomic mass is 10.2. The Kier molecular flexibility index (Phi) is 4.51. The molecule has 0 aliphatic heterocycles. The highest BCUT2D eigenvalue weighted by atomic mass is 16.2. The van der Waals surface area contributed by atoms with Crippen LogP contribution in [0, 0.1) is 6.92 Å². The number of amides is 2. The van der Waals surface area contributed by atoms with Crippen molar-refractivity contribution in [3.8, 4) is 0 Å². The molecule has 0 aromatic heterocycles. The number of nitrogens with zero attached hydrogens (tertiary/aromatic N) is 1. The Morgan fingerprint density at radius 3 is 2.50 bits per heavy atom. The van der Waals surface area contributed by atoms with Gasteiger partial charge < -0.3 is 5.32 Å². The lowest BCUT2D eigenvalue weighted by molar-refractivity contribution is 0.239. The molecule has 0 spiro atoms. The Labute approximate surface area is 95.7 Å². The minimum atomic E-state index is -0.293. The molecule has 0 aliphatic carbocycles. The van der Waals surface area contributed by atoms with Gasteiger partial charge >= 0.3 is 6.03 Å². The third kappa shape index (κ3) is 4.59. The van der Waals surface area contributed by atoms with Crippen LogP contribution >= 0.6 is 0 Å². The van der Waals surface area contributed by atoms with E-state index in [0.717, 1.165) is 5.56 Å². The lowest BCUT2D eigenvalue weighted by Gasteiger charge is -2.06. The van der Waals surface area contributed by atoms with Crippen molar-refractivity contribution in [1.29, 1.82) is 0 Å². The van der Waals surface area contributed by atoms with Gasteiger partial charge in [0.25, 0.3) is 0 Å². The van der Waals surface area contributed by atoms with E-state index in [-0.39, 0.29) is 12.1 Å². The van der Waals surface area contributed by atoms with Gasteiger partial charge in [0, 0.05) is 6.04 Å². The number of carbonyl (C=O) groups is 1. The number of carbonyl (C=O) groups excluding carboxylic acids is 1. The average Bonchev–Trinajstić information content (AvgIpc) is 2.20. The Hall–Kier alpha value is -1.84. The van der Waals surface area contributed by atoms with Gasteiger partial charge in [-0.15, -0.1) is 0 Å². The first-order chi connectivity index (χ1) is 7.58. The maximum absolute atomic E-state index is 11.2. The molecule has 86 valence electrons. The van der Waals surface area contributed by atoms with Gasteiger partial charge in [-0.2, -0.15) is 5.10 Å². The van der Waals surface area contributed by atoms with Gasteiger partial charge in [0.05, 0.1) is 6.21 Å². The van der Waals surface area contributed by atoms with Crippen molar-refractivity contribution < 1.29 is 4.79 Å². The van der Waals surface area contributed by atoms with Crippen molar-refractivity contribution >= 4 is 12.2 Å². The van der Waals surface area contributed by atoms with Gasteiger partial charge in [-0.05, 0) is 26.3 Å². The van der Waals surface area contributed by atoms with Gasteiger partial charge in [0.2, 0.25) is 0 Å². The first-order valence-electron chi connectivity index (χ1n) is 5.24. The molecule has 0 saturated carbocycles. The fourth-order valence-corrected chi connectivity index (χ4v) is 1.11. The summed E-state index contributed by atoms with van der Waals surface area (Å²) < 4.78 is 0. The number of rotatable bonds is 3. The summed E-state index contributed by atoms with van der Waals surface area (Å²) in [6.07, 6.45) is 1.61. The van der Waals surface area contributed by atoms with E-state index in [0.29, 0.717) is 0 Å². The van der Waals surface area contributed by atoms with Crippen molar-refractivity contribution in [3.63, 3.8) is 0 Å².